The second-order valence-corrected chi connectivity index (χ2v) is 5.36. The molecule has 0 N–H and O–H groups in total. The van der Waals surface area contributed by atoms with Gasteiger partial charge >= 0.3 is 0 Å². The molecule has 2 aromatic heterocycles. The number of benzene rings is 1. The monoisotopic (exact) mass is 304 g/mol. The van der Waals surface area contributed by atoms with Crippen LogP contribution in [0.25, 0.3) is 5.65 Å². The Morgan fingerprint density at radius 1 is 0.950 bits per heavy atom. The first-order chi connectivity index (χ1) is 9.61. The van der Waals surface area contributed by atoms with E-state index in [0.29, 0.717) is 27.7 Å². The van der Waals surface area contributed by atoms with Crippen molar-refractivity contribution in [3.63, 3.8) is 0 Å². The first kappa shape index (κ1) is 13.2. The van der Waals surface area contributed by atoms with Crippen molar-refractivity contribution in [2.75, 3.05) is 0 Å². The highest BCUT2D eigenvalue weighted by Crippen LogP contribution is 2.13. The molecule has 3 aromatic rings. The minimum atomic E-state index is -0.220. The van der Waals surface area contributed by atoms with Gasteiger partial charge in [0.05, 0.1) is 5.02 Å². The summed E-state index contributed by atoms with van der Waals surface area (Å²) in [6, 6.07) is 10.8. The molecule has 0 bridgehead atoms. The van der Waals surface area contributed by atoms with Crippen LogP contribution in [-0.4, -0.2) is 9.38 Å². The first-order valence-electron chi connectivity index (χ1n) is 6.04. The van der Waals surface area contributed by atoms with Gasteiger partial charge in [0.1, 0.15) is 5.65 Å². The summed E-state index contributed by atoms with van der Waals surface area (Å²) in [6.45, 7) is 0. The zero-order chi connectivity index (χ0) is 14.1. The van der Waals surface area contributed by atoms with Crippen molar-refractivity contribution >= 4 is 28.8 Å². The van der Waals surface area contributed by atoms with Gasteiger partial charge < -0.3 is 4.40 Å². The molecule has 5 heteroatoms. The third kappa shape index (κ3) is 2.69. The number of aromatic nitrogens is 2. The van der Waals surface area contributed by atoms with Gasteiger partial charge in [-0.25, -0.2) is 0 Å². The lowest BCUT2D eigenvalue weighted by Crippen LogP contribution is -2.15. The van der Waals surface area contributed by atoms with Crippen molar-refractivity contribution in [1.82, 2.24) is 9.38 Å². The predicted octanol–water partition coefficient (Wildman–Crippen LogP) is 3.59. The number of nitrogens with zero attached hydrogens (tertiary/aromatic N) is 2. The van der Waals surface area contributed by atoms with Crippen molar-refractivity contribution in [1.29, 1.82) is 0 Å². The van der Waals surface area contributed by atoms with Crippen LogP contribution in [0.4, 0.5) is 0 Å². The lowest BCUT2D eigenvalue weighted by atomic mass is 10.1. The van der Waals surface area contributed by atoms with Gasteiger partial charge in [0.25, 0.3) is 5.56 Å². The molecular formula is C15H10Cl2N2O. The van der Waals surface area contributed by atoms with Gasteiger partial charge in [-0.15, -0.1) is 0 Å². The summed E-state index contributed by atoms with van der Waals surface area (Å²) in [4.78, 5) is 16.1. The summed E-state index contributed by atoms with van der Waals surface area (Å²) >= 11 is 11.8. The van der Waals surface area contributed by atoms with Gasteiger partial charge in [-0.1, -0.05) is 35.3 Å². The number of halogens is 2. The van der Waals surface area contributed by atoms with Crippen molar-refractivity contribution < 1.29 is 0 Å². The van der Waals surface area contributed by atoms with E-state index in [1.165, 1.54) is 0 Å². The Morgan fingerprint density at radius 3 is 2.40 bits per heavy atom. The summed E-state index contributed by atoms with van der Waals surface area (Å²) in [7, 11) is 0. The SMILES string of the molecule is O=c1nc2ccc(Cl)cn2cc1Cc1ccc(Cl)cc1. The van der Waals surface area contributed by atoms with E-state index in [-0.39, 0.29) is 5.56 Å². The summed E-state index contributed by atoms with van der Waals surface area (Å²) in [5, 5.41) is 1.27. The molecule has 0 aliphatic carbocycles. The van der Waals surface area contributed by atoms with E-state index in [1.807, 2.05) is 12.1 Å². The number of rotatable bonds is 2. The number of hydrogen-bond donors (Lipinski definition) is 0. The Balaban J connectivity index is 2.04. The van der Waals surface area contributed by atoms with Crippen molar-refractivity contribution in [2.24, 2.45) is 0 Å². The Hall–Kier alpha value is -1.84. The molecule has 0 amide bonds. The van der Waals surface area contributed by atoms with E-state index < -0.39 is 0 Å². The fraction of sp³-hybridized carbons (Fsp3) is 0.0667. The van der Waals surface area contributed by atoms with Crippen LogP contribution >= 0.6 is 23.2 Å². The van der Waals surface area contributed by atoms with Crippen LogP contribution in [0.1, 0.15) is 11.1 Å². The molecule has 0 saturated heterocycles. The number of hydrogen-bond acceptors (Lipinski definition) is 2. The predicted molar refractivity (Wildman–Crippen MR) is 80.7 cm³/mol. The molecule has 0 fully saturated rings. The summed E-state index contributed by atoms with van der Waals surface area (Å²) in [5.74, 6) is 0. The van der Waals surface area contributed by atoms with Crippen molar-refractivity contribution in [3.05, 3.63) is 80.3 Å². The normalized spacial score (nSPS) is 10.9. The topological polar surface area (TPSA) is 34.4 Å². The molecule has 0 saturated carbocycles. The molecule has 0 spiro atoms. The number of fused-ring (bicyclic) bond motifs is 1. The lowest BCUT2D eigenvalue weighted by Gasteiger charge is -2.05. The summed E-state index contributed by atoms with van der Waals surface area (Å²) in [5.41, 5.74) is 1.99. The third-order valence-electron chi connectivity index (χ3n) is 3.01. The molecule has 2 heterocycles. The summed E-state index contributed by atoms with van der Waals surface area (Å²) < 4.78 is 1.76. The zero-order valence-corrected chi connectivity index (χ0v) is 11.9. The molecular weight excluding hydrogens is 295 g/mol. The van der Waals surface area contributed by atoms with Crippen LogP contribution in [0.2, 0.25) is 10.0 Å². The Morgan fingerprint density at radius 2 is 1.65 bits per heavy atom. The van der Waals surface area contributed by atoms with Crippen LogP contribution in [0.3, 0.4) is 0 Å². The van der Waals surface area contributed by atoms with E-state index in [0.717, 1.165) is 5.56 Å². The van der Waals surface area contributed by atoms with Crippen LogP contribution in [0.15, 0.2) is 53.6 Å². The summed E-state index contributed by atoms with van der Waals surface area (Å²) in [6.07, 6.45) is 4.01. The van der Waals surface area contributed by atoms with Gasteiger partial charge in [0.2, 0.25) is 0 Å². The van der Waals surface area contributed by atoms with E-state index in [2.05, 4.69) is 4.98 Å². The second kappa shape index (κ2) is 5.27. The Labute approximate surface area is 125 Å². The van der Waals surface area contributed by atoms with Crippen molar-refractivity contribution in [2.45, 2.75) is 6.42 Å². The Kier molecular flexibility index (Phi) is 3.47. The van der Waals surface area contributed by atoms with Crippen LogP contribution < -0.4 is 5.56 Å². The van der Waals surface area contributed by atoms with E-state index in [9.17, 15) is 4.79 Å². The molecule has 100 valence electrons. The van der Waals surface area contributed by atoms with Gasteiger partial charge in [0, 0.05) is 29.4 Å². The highest BCUT2D eigenvalue weighted by Gasteiger charge is 2.05. The highest BCUT2D eigenvalue weighted by atomic mass is 35.5. The first-order valence-corrected chi connectivity index (χ1v) is 6.79. The largest absolute Gasteiger partial charge is 0.307 e. The fourth-order valence-corrected chi connectivity index (χ4v) is 2.32. The lowest BCUT2D eigenvalue weighted by molar-refractivity contribution is 1.00. The van der Waals surface area contributed by atoms with E-state index >= 15 is 0 Å². The maximum Gasteiger partial charge on any atom is 0.276 e. The minimum absolute atomic E-state index is 0.220. The fourth-order valence-electron chi connectivity index (χ4n) is 2.02. The standard InChI is InChI=1S/C15H10Cl2N2O/c16-12-3-1-10(2-4-12)7-11-8-19-9-13(17)5-6-14(19)18-15(11)20/h1-6,8-9H,7H2. The second-order valence-electron chi connectivity index (χ2n) is 4.49. The molecule has 0 unspecified atom stereocenters. The third-order valence-corrected chi connectivity index (χ3v) is 3.49. The van der Waals surface area contributed by atoms with Gasteiger partial charge in [-0.2, -0.15) is 4.98 Å². The molecule has 0 atom stereocenters. The average molecular weight is 305 g/mol. The van der Waals surface area contributed by atoms with E-state index in [1.54, 1.807) is 41.1 Å². The smallest absolute Gasteiger partial charge is 0.276 e. The molecule has 0 radical (unpaired) electrons. The van der Waals surface area contributed by atoms with Crippen LogP contribution in [0.5, 0.6) is 0 Å². The molecule has 3 rings (SSSR count). The maximum absolute atomic E-state index is 12.0. The number of pyridine rings is 1. The molecule has 20 heavy (non-hydrogen) atoms. The molecule has 1 aromatic carbocycles. The van der Waals surface area contributed by atoms with Gasteiger partial charge in [0.15, 0.2) is 0 Å². The minimum Gasteiger partial charge on any atom is -0.307 e. The van der Waals surface area contributed by atoms with Gasteiger partial charge in [-0.3, -0.25) is 4.79 Å². The van der Waals surface area contributed by atoms with Crippen molar-refractivity contribution in [3.8, 4) is 0 Å². The quantitative estimate of drug-likeness (QED) is 0.725. The zero-order valence-electron chi connectivity index (χ0n) is 10.4. The molecule has 0 aliphatic rings. The Bertz CT molecular complexity index is 825. The van der Waals surface area contributed by atoms with Crippen LogP contribution in [-0.2, 0) is 6.42 Å². The highest BCUT2D eigenvalue weighted by molar-refractivity contribution is 6.30. The molecule has 3 nitrogen and oxygen atoms in total. The molecule has 0 aliphatic heterocycles. The maximum atomic E-state index is 12.0. The van der Waals surface area contributed by atoms with E-state index in [4.69, 9.17) is 23.2 Å². The van der Waals surface area contributed by atoms with Crippen LogP contribution in [0, 0.1) is 0 Å². The van der Waals surface area contributed by atoms with Gasteiger partial charge in [-0.05, 0) is 29.8 Å². The average Bonchev–Trinajstić information content (AvgIpc) is 2.42.